The van der Waals surface area contributed by atoms with E-state index in [-0.39, 0.29) is 75.6 Å². The number of phenols is 2. The van der Waals surface area contributed by atoms with Crippen LogP contribution < -0.4 is 0 Å². The normalized spacial score (nSPS) is 14.4. The zero-order chi connectivity index (χ0) is 104. The molecule has 650 valence electrons. The van der Waals surface area contributed by atoms with Gasteiger partial charge in [0.25, 0.3) is 0 Å². The van der Waals surface area contributed by atoms with E-state index in [4.69, 9.17) is 44.6 Å². The van der Waals surface area contributed by atoms with Gasteiger partial charge in [-0.3, -0.25) is 19.1 Å². The van der Waals surface area contributed by atoms with E-state index in [9.17, 15) is 10.2 Å². The van der Waals surface area contributed by atoms with E-state index >= 15 is 0 Å². The summed E-state index contributed by atoms with van der Waals surface area (Å²) < 4.78 is 152. The molecule has 0 atom stereocenters. The minimum Gasteiger partial charge on any atom is -0.507 e. The molecule has 0 unspecified atom stereocenters. The van der Waals surface area contributed by atoms with E-state index in [1.165, 1.54) is 35.4 Å². The van der Waals surface area contributed by atoms with Crippen LogP contribution >= 0.6 is 0 Å². The van der Waals surface area contributed by atoms with Crippen molar-refractivity contribution in [3.8, 4) is 157 Å². The second kappa shape index (κ2) is 37.2. The third-order valence-corrected chi connectivity index (χ3v) is 23.5. The summed E-state index contributed by atoms with van der Waals surface area (Å²) in [5.41, 5.74) is 20.5. The maximum Gasteiger partial charge on any atom is 0.148 e. The van der Waals surface area contributed by atoms with Crippen LogP contribution in [0.5, 0.6) is 11.5 Å². The molecule has 0 saturated carbocycles. The van der Waals surface area contributed by atoms with Crippen LogP contribution in [0.25, 0.3) is 168 Å². The van der Waals surface area contributed by atoms with Crippen LogP contribution in [-0.4, -0.2) is 39.3 Å². The van der Waals surface area contributed by atoms with Gasteiger partial charge >= 0.3 is 0 Å². The number of pyridine rings is 2. The van der Waals surface area contributed by atoms with Gasteiger partial charge in [0, 0.05) is 107 Å². The van der Waals surface area contributed by atoms with Crippen molar-refractivity contribution in [2.24, 2.45) is 5.92 Å². The van der Waals surface area contributed by atoms with Crippen LogP contribution in [0.15, 0.2) is 328 Å². The fraction of sp³-hybridized carbons (Fsp3) is 0.193. The molecule has 18 aromatic rings. The van der Waals surface area contributed by atoms with E-state index in [2.05, 4.69) is 162 Å². The largest absolute Gasteiger partial charge is 0.507 e. The van der Waals surface area contributed by atoms with E-state index < -0.39 is 51.9 Å². The smallest absolute Gasteiger partial charge is 0.148 e. The number of aromatic nitrogens is 6. The molecule has 0 aliphatic heterocycles. The van der Waals surface area contributed by atoms with E-state index in [0.29, 0.717) is 84.5 Å². The molecule has 0 saturated heterocycles. The van der Waals surface area contributed by atoms with Crippen LogP contribution in [0, 0.1) is 38.8 Å². The zero-order valence-electron chi connectivity index (χ0n) is 91.7. The summed E-state index contributed by atoms with van der Waals surface area (Å²) in [5, 5.41) is 24.2. The summed E-state index contributed by atoms with van der Waals surface area (Å²) in [4.78, 5) is 20.7. The molecule has 8 nitrogen and oxygen atoms in total. The third-order valence-electron chi connectivity index (χ3n) is 23.5. The minimum atomic E-state index is -3.38. The number of aryl methyl sites for hydroxylation is 3. The summed E-state index contributed by atoms with van der Waals surface area (Å²) in [6.07, 6.45) is 4.21. The van der Waals surface area contributed by atoms with Crippen molar-refractivity contribution in [1.82, 2.24) is 29.1 Å². The number of para-hydroxylation sites is 2. The van der Waals surface area contributed by atoms with Gasteiger partial charge < -0.3 is 10.2 Å². The minimum absolute atomic E-state index is 0. The molecule has 0 aliphatic rings. The first-order chi connectivity index (χ1) is 68.3. The molecule has 129 heavy (non-hydrogen) atoms. The Bertz CT molecular complexity index is 7830. The number of imidazole rings is 2. The van der Waals surface area contributed by atoms with Crippen molar-refractivity contribution in [1.29, 1.82) is 0 Å². The van der Waals surface area contributed by atoms with Gasteiger partial charge in [-0.2, -0.15) is 0 Å². The van der Waals surface area contributed by atoms with Gasteiger partial charge in [0.2, 0.25) is 0 Å². The second-order valence-corrected chi connectivity index (χ2v) is 35.6. The molecular formula is C119H110N6O2Pt2-2. The number of aromatic hydroxyl groups is 2. The van der Waals surface area contributed by atoms with Crippen LogP contribution in [0.3, 0.4) is 0 Å². The molecule has 4 aromatic heterocycles. The molecule has 10 heteroatoms. The van der Waals surface area contributed by atoms with Crippen LogP contribution in [-0.2, 0) is 70.2 Å². The number of fused-ring (bicyclic) bond motifs is 2. The molecule has 18 rings (SSSR count). The van der Waals surface area contributed by atoms with E-state index in [1.54, 1.807) is 48.8 Å². The summed E-state index contributed by atoms with van der Waals surface area (Å²) in [6.45, 7) is 3.04. The quantitative estimate of drug-likeness (QED) is 0.0935. The average Bonchev–Trinajstić information content (AvgIpc) is 1.64. The molecule has 14 aromatic carbocycles. The molecule has 0 amide bonds. The summed E-state index contributed by atoms with van der Waals surface area (Å²) >= 11 is 0. The average molecular weight is 2060 g/mol. The fourth-order valence-electron chi connectivity index (χ4n) is 17.0. The first-order valence-electron chi connectivity index (χ1n) is 51.8. The Hall–Kier alpha value is -12.7. The monoisotopic (exact) mass is 2060 g/mol. The molecule has 4 heterocycles. The Morgan fingerprint density at radius 3 is 1.16 bits per heavy atom. The van der Waals surface area contributed by atoms with Crippen molar-refractivity contribution in [3.63, 3.8) is 0 Å². The third kappa shape index (κ3) is 19.2. The van der Waals surface area contributed by atoms with Gasteiger partial charge in [0.05, 0.1) is 44.6 Å². The molecule has 0 spiro atoms. The molecule has 0 fully saturated rings. The number of benzene rings is 14. The SMILES string of the molecule is [2H]C([2H])([2H])C(c1ccc(-c2ccnc(-c3[c-]c(-c4cccc5c4nc(-c4cc(C)cc(C(C)(C)C)c4O)n5-c4ccc(CC(C)C)cc4-c4ccccc4)cc(-c4ccccc4)c3)c2)cc1)(C([2H])([2H])[2H])C([2H])([2H])[2H].[2H]C([2H])([2H])C(c1ccc(-c2ccnc(-c3[c-]c(-c4cccc5c4nc(-c4cc(C)cc(C)c4O)n5-c4ccc(C(C)(C)C)cc4-c4ccccc4)cc(-c4ccccc4)c3)c2)cc1)(C([2H])([2H])[2H])C([2H])([2H])[2H].[Pt].[Pt]. The summed E-state index contributed by atoms with van der Waals surface area (Å²) in [7, 11) is 0. The van der Waals surface area contributed by atoms with Gasteiger partial charge in [-0.1, -0.05) is 360 Å². The van der Waals surface area contributed by atoms with E-state index in [1.807, 2.05) is 191 Å². The van der Waals surface area contributed by atoms with Crippen molar-refractivity contribution in [2.75, 3.05) is 0 Å². The maximum atomic E-state index is 12.4. The Morgan fingerprint density at radius 1 is 0.333 bits per heavy atom. The molecule has 0 aliphatic carbocycles. The second-order valence-electron chi connectivity index (χ2n) is 35.6. The molecular weight excluding hydrogens is 1940 g/mol. The van der Waals surface area contributed by atoms with Gasteiger partial charge in [-0.05, 0) is 199 Å². The Kier molecular flexibility index (Phi) is 20.3. The first-order valence-corrected chi connectivity index (χ1v) is 42.8. The molecule has 0 bridgehead atoms. The van der Waals surface area contributed by atoms with Crippen molar-refractivity contribution >= 4 is 22.1 Å². The van der Waals surface area contributed by atoms with Crippen LogP contribution in [0.4, 0.5) is 0 Å². The Morgan fingerprint density at radius 2 is 0.729 bits per heavy atom. The van der Waals surface area contributed by atoms with E-state index in [0.717, 1.165) is 118 Å². The Labute approximate surface area is 815 Å². The van der Waals surface area contributed by atoms with Crippen molar-refractivity contribution < 1.29 is 77.0 Å². The summed E-state index contributed by atoms with van der Waals surface area (Å²) in [6, 6.07) is 108. The number of hydrogen-bond acceptors (Lipinski definition) is 6. The maximum absolute atomic E-state index is 12.4. The van der Waals surface area contributed by atoms with Gasteiger partial charge in [-0.15, -0.1) is 47.5 Å². The number of hydrogen-bond donors (Lipinski definition) is 2. The fourth-order valence-corrected chi connectivity index (χ4v) is 17.0. The van der Waals surface area contributed by atoms with Gasteiger partial charge in [0.15, 0.2) is 0 Å². The van der Waals surface area contributed by atoms with Crippen LogP contribution in [0.1, 0.15) is 166 Å². The summed E-state index contributed by atoms with van der Waals surface area (Å²) in [5.74, 6) is 1.92. The molecule has 2 N–H and O–H groups in total. The van der Waals surface area contributed by atoms with Crippen molar-refractivity contribution in [2.45, 2.75) is 145 Å². The number of phenolic OH excluding ortho intramolecular Hbond substituents is 2. The van der Waals surface area contributed by atoms with Gasteiger partial charge in [-0.25, -0.2) is 9.97 Å². The van der Waals surface area contributed by atoms with Gasteiger partial charge in [0.1, 0.15) is 23.1 Å². The topological polar surface area (TPSA) is 102 Å². The Balaban J connectivity index is 0.000000218. The number of nitrogens with zero attached hydrogens (tertiary/aromatic N) is 6. The van der Waals surface area contributed by atoms with Crippen molar-refractivity contribution in [3.05, 3.63) is 384 Å². The predicted octanol–water partition coefficient (Wildman–Crippen LogP) is 31.2. The molecule has 0 radical (unpaired) electrons. The first kappa shape index (κ1) is 70.3. The zero-order valence-corrected chi connectivity index (χ0v) is 78.2. The standard InChI is InChI=1S/C61H58N3O.C58H52N3O.2Pt/c1-39(2)31-41-23-28-55(51(34-41)44-19-14-11-15-20-44)64-56-22-16-21-50(57(56)63-59(64)52-32-40(3)33-53(58(52)65)61(7,8)9)47-35-46(42-17-12-10-13-18-42)36-48(37-47)54-38-45(29-30-62-54)43-24-26-49(27-25-43)60(4,5)6;1-37-30-38(2)55(62)50(31-37)56-60-54-48(20-15-21-53(54)61(56)52-27-26-47(58(6,7)8)36-49(52)41-18-13-10-14-19-41)44-32-43(39-16-11-9-12-17-39)33-45(34-44)51-35-42(28-29-59-51)40-22-24-46(25-23-40)57(3,4)5;;/h10-30,32-36,38-39,65H,31H2,1-9H3;9-33,35-36,62H,1-8H3;;/q2*-1;;/i4D3,5D3,6D3;3D3,4D3,5D3;;. The van der Waals surface area contributed by atoms with Crippen LogP contribution in [0.2, 0.25) is 0 Å². The number of rotatable bonds is 16. The predicted molar refractivity (Wildman–Crippen MR) is 532 cm³/mol.